The van der Waals surface area contributed by atoms with Gasteiger partial charge < -0.3 is 9.64 Å². The standard InChI is InChI=1S/C27H23N3O4/c31-25-24(19-20-11-13-21(14-12-20)28-15-17-34-18-16-28)26(32)30(23-9-5-2-6-10-23)27(33)29(25)22-7-3-1-4-8-22/h1-14,19H,15-18H2. The van der Waals surface area contributed by atoms with E-state index in [2.05, 4.69) is 4.90 Å². The number of barbiturate groups is 1. The van der Waals surface area contributed by atoms with Crippen molar-refractivity contribution in [1.82, 2.24) is 0 Å². The monoisotopic (exact) mass is 453 g/mol. The van der Waals surface area contributed by atoms with E-state index in [1.807, 2.05) is 24.3 Å². The van der Waals surface area contributed by atoms with Crippen LogP contribution in [-0.4, -0.2) is 44.1 Å². The molecule has 2 heterocycles. The second-order valence-corrected chi connectivity index (χ2v) is 7.98. The van der Waals surface area contributed by atoms with Crippen molar-refractivity contribution in [2.75, 3.05) is 41.0 Å². The Balaban J connectivity index is 1.53. The number of rotatable bonds is 4. The number of para-hydroxylation sites is 2. The molecule has 2 saturated heterocycles. The summed E-state index contributed by atoms with van der Waals surface area (Å²) in [7, 11) is 0. The van der Waals surface area contributed by atoms with Gasteiger partial charge >= 0.3 is 6.03 Å². The van der Waals surface area contributed by atoms with E-state index in [9.17, 15) is 14.4 Å². The molecular formula is C27H23N3O4. The summed E-state index contributed by atoms with van der Waals surface area (Å²) in [6, 6.07) is 24.2. The van der Waals surface area contributed by atoms with Crippen LogP contribution in [0.2, 0.25) is 0 Å². The zero-order chi connectivity index (χ0) is 23.5. The van der Waals surface area contributed by atoms with E-state index in [0.29, 0.717) is 30.2 Å². The molecule has 34 heavy (non-hydrogen) atoms. The molecule has 0 unspecified atom stereocenters. The van der Waals surface area contributed by atoms with Crippen molar-refractivity contribution in [3.05, 3.63) is 96.1 Å². The fourth-order valence-corrected chi connectivity index (χ4v) is 4.11. The highest BCUT2D eigenvalue weighted by Gasteiger charge is 2.43. The lowest BCUT2D eigenvalue weighted by Crippen LogP contribution is -2.57. The van der Waals surface area contributed by atoms with Gasteiger partial charge in [0.25, 0.3) is 11.8 Å². The molecule has 170 valence electrons. The molecule has 3 aromatic rings. The van der Waals surface area contributed by atoms with Crippen LogP contribution < -0.4 is 14.7 Å². The summed E-state index contributed by atoms with van der Waals surface area (Å²) in [5.41, 5.74) is 2.48. The maximum Gasteiger partial charge on any atom is 0.343 e. The Labute approximate surface area is 197 Å². The van der Waals surface area contributed by atoms with E-state index >= 15 is 0 Å². The summed E-state index contributed by atoms with van der Waals surface area (Å²) in [5, 5.41) is 0. The number of urea groups is 1. The molecule has 2 aliphatic heterocycles. The lowest BCUT2D eigenvalue weighted by atomic mass is 10.0. The van der Waals surface area contributed by atoms with Gasteiger partial charge in [0.05, 0.1) is 24.6 Å². The van der Waals surface area contributed by atoms with E-state index in [4.69, 9.17) is 4.74 Å². The predicted molar refractivity (Wildman–Crippen MR) is 131 cm³/mol. The van der Waals surface area contributed by atoms with E-state index in [1.165, 1.54) is 0 Å². The summed E-state index contributed by atoms with van der Waals surface area (Å²) < 4.78 is 5.41. The molecule has 0 radical (unpaired) electrons. The van der Waals surface area contributed by atoms with Gasteiger partial charge in [0, 0.05) is 18.8 Å². The zero-order valence-corrected chi connectivity index (χ0v) is 18.5. The molecule has 7 nitrogen and oxygen atoms in total. The summed E-state index contributed by atoms with van der Waals surface area (Å²) in [6.07, 6.45) is 1.55. The summed E-state index contributed by atoms with van der Waals surface area (Å²) in [4.78, 5) is 44.5. The number of nitrogens with zero attached hydrogens (tertiary/aromatic N) is 3. The number of ether oxygens (including phenoxy) is 1. The van der Waals surface area contributed by atoms with Crippen LogP contribution in [0.15, 0.2) is 90.5 Å². The molecule has 5 rings (SSSR count). The Hall–Kier alpha value is -4.23. The molecule has 4 amide bonds. The van der Waals surface area contributed by atoms with Gasteiger partial charge in [-0.2, -0.15) is 0 Å². The molecule has 0 N–H and O–H groups in total. The number of morpholine rings is 1. The van der Waals surface area contributed by atoms with Crippen molar-refractivity contribution in [2.24, 2.45) is 0 Å². The lowest BCUT2D eigenvalue weighted by Gasteiger charge is -2.34. The second-order valence-electron chi connectivity index (χ2n) is 7.98. The topological polar surface area (TPSA) is 70.2 Å². The maximum absolute atomic E-state index is 13.4. The van der Waals surface area contributed by atoms with Gasteiger partial charge in [-0.25, -0.2) is 14.6 Å². The number of benzene rings is 3. The molecule has 0 atom stereocenters. The number of anilines is 3. The molecule has 2 fully saturated rings. The smallest absolute Gasteiger partial charge is 0.343 e. The van der Waals surface area contributed by atoms with Gasteiger partial charge in [0.15, 0.2) is 0 Å². The fourth-order valence-electron chi connectivity index (χ4n) is 4.11. The van der Waals surface area contributed by atoms with Crippen molar-refractivity contribution in [1.29, 1.82) is 0 Å². The maximum atomic E-state index is 13.4. The van der Waals surface area contributed by atoms with Crippen molar-refractivity contribution >= 4 is 41.0 Å². The first-order valence-electron chi connectivity index (χ1n) is 11.1. The zero-order valence-electron chi connectivity index (χ0n) is 18.5. The molecule has 0 aromatic heterocycles. The molecule has 0 aliphatic carbocycles. The highest BCUT2D eigenvalue weighted by Crippen LogP contribution is 2.29. The number of carbonyl (C=O) groups excluding carboxylic acids is 3. The first-order chi connectivity index (χ1) is 16.6. The highest BCUT2D eigenvalue weighted by atomic mass is 16.5. The molecular weight excluding hydrogens is 430 g/mol. The summed E-state index contributed by atoms with van der Waals surface area (Å²) >= 11 is 0. The van der Waals surface area contributed by atoms with Crippen molar-refractivity contribution in [3.8, 4) is 0 Å². The number of carbonyl (C=O) groups is 3. The van der Waals surface area contributed by atoms with Crippen molar-refractivity contribution in [3.63, 3.8) is 0 Å². The van der Waals surface area contributed by atoms with E-state index < -0.39 is 17.8 Å². The quantitative estimate of drug-likeness (QED) is 0.439. The Kier molecular flexibility index (Phi) is 5.93. The van der Waals surface area contributed by atoms with E-state index in [0.717, 1.165) is 28.6 Å². The third-order valence-corrected chi connectivity index (χ3v) is 5.86. The number of hydrogen-bond donors (Lipinski definition) is 0. The Morgan fingerprint density at radius 3 is 1.62 bits per heavy atom. The Morgan fingerprint density at radius 2 is 1.12 bits per heavy atom. The van der Waals surface area contributed by atoms with Gasteiger partial charge in [-0.15, -0.1) is 0 Å². The summed E-state index contributed by atoms with van der Waals surface area (Å²) in [6.45, 7) is 3.01. The Morgan fingerprint density at radius 1 is 0.618 bits per heavy atom. The van der Waals surface area contributed by atoms with Gasteiger partial charge in [0.1, 0.15) is 5.57 Å². The van der Waals surface area contributed by atoms with Crippen LogP contribution in [0.5, 0.6) is 0 Å². The summed E-state index contributed by atoms with van der Waals surface area (Å²) in [5.74, 6) is -1.30. The molecule has 0 spiro atoms. The number of hydrogen-bond acceptors (Lipinski definition) is 5. The van der Waals surface area contributed by atoms with Crippen LogP contribution in [0.4, 0.5) is 21.9 Å². The van der Waals surface area contributed by atoms with Gasteiger partial charge in [0.2, 0.25) is 0 Å². The van der Waals surface area contributed by atoms with Crippen LogP contribution in [-0.2, 0) is 14.3 Å². The first-order valence-corrected chi connectivity index (χ1v) is 11.1. The van der Waals surface area contributed by atoms with Crippen molar-refractivity contribution in [2.45, 2.75) is 0 Å². The normalized spacial score (nSPS) is 16.8. The fraction of sp³-hybridized carbons (Fsp3) is 0.148. The first kappa shape index (κ1) is 21.6. The average Bonchev–Trinajstić information content (AvgIpc) is 2.89. The van der Waals surface area contributed by atoms with Crippen LogP contribution in [0.25, 0.3) is 6.08 Å². The van der Waals surface area contributed by atoms with Crippen LogP contribution >= 0.6 is 0 Å². The largest absolute Gasteiger partial charge is 0.378 e. The molecule has 0 bridgehead atoms. The van der Waals surface area contributed by atoms with Gasteiger partial charge in [-0.3, -0.25) is 9.59 Å². The minimum absolute atomic E-state index is 0.0774. The lowest BCUT2D eigenvalue weighted by molar-refractivity contribution is -0.121. The van der Waals surface area contributed by atoms with Crippen LogP contribution in [0.3, 0.4) is 0 Å². The van der Waals surface area contributed by atoms with E-state index in [1.54, 1.807) is 66.7 Å². The van der Waals surface area contributed by atoms with Gasteiger partial charge in [-0.1, -0.05) is 48.5 Å². The highest BCUT2D eigenvalue weighted by molar-refractivity contribution is 6.46. The minimum Gasteiger partial charge on any atom is -0.378 e. The minimum atomic E-state index is -0.702. The number of amides is 4. The SMILES string of the molecule is O=C1C(=Cc2ccc(N3CCOCC3)cc2)C(=O)N(c2ccccc2)C(=O)N1c1ccccc1. The van der Waals surface area contributed by atoms with Crippen LogP contribution in [0.1, 0.15) is 5.56 Å². The van der Waals surface area contributed by atoms with Crippen LogP contribution in [0, 0.1) is 0 Å². The third kappa shape index (κ3) is 4.09. The van der Waals surface area contributed by atoms with E-state index in [-0.39, 0.29) is 5.57 Å². The number of imide groups is 2. The van der Waals surface area contributed by atoms with Crippen molar-refractivity contribution < 1.29 is 19.1 Å². The molecule has 2 aliphatic rings. The third-order valence-electron chi connectivity index (χ3n) is 5.86. The predicted octanol–water partition coefficient (Wildman–Crippen LogP) is 4.11. The average molecular weight is 453 g/mol. The molecule has 3 aromatic carbocycles. The second kappa shape index (κ2) is 9.33. The van der Waals surface area contributed by atoms with Gasteiger partial charge in [-0.05, 0) is 48.0 Å². The molecule has 0 saturated carbocycles. The Bertz CT molecular complexity index is 1170. The molecule has 7 heteroatoms.